The molecule has 3 N–H and O–H groups in total. The van der Waals surface area contributed by atoms with E-state index in [1.165, 1.54) is 0 Å². The Morgan fingerprint density at radius 2 is 2.16 bits per heavy atom. The van der Waals surface area contributed by atoms with Gasteiger partial charge in [0.25, 0.3) is 5.91 Å². The summed E-state index contributed by atoms with van der Waals surface area (Å²) < 4.78 is 0. The van der Waals surface area contributed by atoms with Gasteiger partial charge >= 0.3 is 0 Å². The average Bonchev–Trinajstić information content (AvgIpc) is 2.82. The molecule has 100 valence electrons. The molecule has 1 amide bonds. The number of nitrogens with zero attached hydrogens (tertiary/aromatic N) is 1. The Kier molecular flexibility index (Phi) is 3.85. The second-order valence-electron chi connectivity index (χ2n) is 4.48. The number of nitrogens with one attached hydrogen (secondary N) is 3. The highest BCUT2D eigenvalue weighted by atomic mass is 16.1. The highest BCUT2D eigenvalue weighted by molar-refractivity contribution is 5.94. The maximum Gasteiger partial charge on any atom is 0.251 e. The Bertz CT molecular complexity index is 589. The molecule has 0 aliphatic carbocycles. The van der Waals surface area contributed by atoms with Crippen molar-refractivity contribution in [1.82, 2.24) is 15.5 Å². The highest BCUT2D eigenvalue weighted by Crippen LogP contribution is 2.18. The van der Waals surface area contributed by atoms with E-state index in [1.807, 2.05) is 38.2 Å². The first kappa shape index (κ1) is 13.1. The zero-order valence-electron chi connectivity index (χ0n) is 11.4. The first-order valence-corrected chi connectivity index (χ1v) is 6.17. The third kappa shape index (κ3) is 2.93. The molecule has 0 unspecified atom stereocenters. The van der Waals surface area contributed by atoms with Crippen molar-refractivity contribution < 1.29 is 4.79 Å². The topological polar surface area (TPSA) is 69.8 Å². The zero-order chi connectivity index (χ0) is 13.8. The molecule has 19 heavy (non-hydrogen) atoms. The molecule has 1 heterocycles. The molecule has 0 saturated heterocycles. The SMILES string of the molecule is CNC(=O)c1ccc(NCc2cn[nH]c2C)c(C)c1. The molecule has 0 atom stereocenters. The summed E-state index contributed by atoms with van der Waals surface area (Å²) in [5.74, 6) is -0.0691. The lowest BCUT2D eigenvalue weighted by Crippen LogP contribution is -2.17. The molecule has 2 rings (SSSR count). The van der Waals surface area contributed by atoms with Crippen molar-refractivity contribution in [2.75, 3.05) is 12.4 Å². The number of hydrogen-bond acceptors (Lipinski definition) is 3. The van der Waals surface area contributed by atoms with Crippen molar-refractivity contribution in [2.24, 2.45) is 0 Å². The molecule has 1 aromatic heterocycles. The average molecular weight is 258 g/mol. The van der Waals surface area contributed by atoms with Crippen molar-refractivity contribution in [1.29, 1.82) is 0 Å². The van der Waals surface area contributed by atoms with Crippen LogP contribution in [0.1, 0.15) is 27.2 Å². The van der Waals surface area contributed by atoms with Crippen molar-refractivity contribution in [2.45, 2.75) is 20.4 Å². The fourth-order valence-corrected chi connectivity index (χ4v) is 1.89. The van der Waals surface area contributed by atoms with Crippen LogP contribution in [0.15, 0.2) is 24.4 Å². The molecule has 0 saturated carbocycles. The standard InChI is InChI=1S/C14H18N4O/c1-9-6-11(14(19)15-3)4-5-13(9)16-7-12-8-17-18-10(12)2/h4-6,8,16H,7H2,1-3H3,(H,15,19)(H,17,18). The van der Waals surface area contributed by atoms with E-state index < -0.39 is 0 Å². The lowest BCUT2D eigenvalue weighted by molar-refractivity contribution is 0.0963. The zero-order valence-corrected chi connectivity index (χ0v) is 11.4. The Morgan fingerprint density at radius 3 is 2.74 bits per heavy atom. The van der Waals surface area contributed by atoms with Crippen LogP contribution >= 0.6 is 0 Å². The van der Waals surface area contributed by atoms with Gasteiger partial charge in [-0.1, -0.05) is 0 Å². The second-order valence-corrected chi connectivity index (χ2v) is 4.48. The summed E-state index contributed by atoms with van der Waals surface area (Å²) in [5.41, 5.74) is 4.93. The molecule has 0 aliphatic rings. The van der Waals surface area contributed by atoms with Gasteiger partial charge in [-0.3, -0.25) is 9.89 Å². The fraction of sp³-hybridized carbons (Fsp3) is 0.286. The largest absolute Gasteiger partial charge is 0.381 e. The van der Waals surface area contributed by atoms with E-state index in [-0.39, 0.29) is 5.91 Å². The van der Waals surface area contributed by atoms with Crippen LogP contribution in [-0.4, -0.2) is 23.2 Å². The van der Waals surface area contributed by atoms with E-state index in [1.54, 1.807) is 7.05 Å². The van der Waals surface area contributed by atoms with Gasteiger partial charge in [0.15, 0.2) is 0 Å². The smallest absolute Gasteiger partial charge is 0.251 e. The second kappa shape index (κ2) is 5.56. The first-order chi connectivity index (χ1) is 9.11. The number of aromatic nitrogens is 2. The third-order valence-electron chi connectivity index (χ3n) is 3.12. The van der Waals surface area contributed by atoms with Crippen LogP contribution < -0.4 is 10.6 Å². The van der Waals surface area contributed by atoms with Crippen LogP contribution in [0.4, 0.5) is 5.69 Å². The molecule has 2 aromatic rings. The van der Waals surface area contributed by atoms with Crippen LogP contribution in [0.2, 0.25) is 0 Å². The van der Waals surface area contributed by atoms with Crippen LogP contribution in [0.3, 0.4) is 0 Å². The lowest BCUT2D eigenvalue weighted by atomic mass is 10.1. The molecule has 5 heteroatoms. The van der Waals surface area contributed by atoms with Crippen molar-refractivity contribution in [3.05, 3.63) is 46.8 Å². The van der Waals surface area contributed by atoms with E-state index in [9.17, 15) is 4.79 Å². The third-order valence-corrected chi connectivity index (χ3v) is 3.12. The Balaban J connectivity index is 2.09. The molecule has 0 spiro atoms. The maximum atomic E-state index is 11.5. The monoisotopic (exact) mass is 258 g/mol. The van der Waals surface area contributed by atoms with Gasteiger partial charge in [-0.25, -0.2) is 0 Å². The number of amides is 1. The molecular weight excluding hydrogens is 240 g/mol. The number of H-pyrrole nitrogens is 1. The van der Waals surface area contributed by atoms with E-state index in [0.29, 0.717) is 12.1 Å². The minimum atomic E-state index is -0.0691. The van der Waals surface area contributed by atoms with Gasteiger partial charge < -0.3 is 10.6 Å². The Morgan fingerprint density at radius 1 is 1.37 bits per heavy atom. The highest BCUT2D eigenvalue weighted by Gasteiger charge is 2.06. The Hall–Kier alpha value is -2.30. The van der Waals surface area contributed by atoms with Gasteiger partial charge in [-0.2, -0.15) is 5.10 Å². The molecule has 0 aliphatic heterocycles. The van der Waals surface area contributed by atoms with Crippen LogP contribution in [0.5, 0.6) is 0 Å². The molecule has 1 aromatic carbocycles. The van der Waals surface area contributed by atoms with Crippen molar-refractivity contribution in [3.63, 3.8) is 0 Å². The van der Waals surface area contributed by atoms with Gasteiger partial charge in [-0.15, -0.1) is 0 Å². The van der Waals surface area contributed by atoms with Crippen LogP contribution in [0, 0.1) is 13.8 Å². The quantitative estimate of drug-likeness (QED) is 0.785. The molecule has 0 fully saturated rings. The number of carbonyl (C=O) groups excluding carboxylic acids is 1. The van der Waals surface area contributed by atoms with Gasteiger partial charge in [0.1, 0.15) is 0 Å². The van der Waals surface area contributed by atoms with Gasteiger partial charge in [0.2, 0.25) is 0 Å². The summed E-state index contributed by atoms with van der Waals surface area (Å²) in [6.07, 6.45) is 1.82. The molecular formula is C14H18N4O. The fourth-order valence-electron chi connectivity index (χ4n) is 1.89. The summed E-state index contributed by atoms with van der Waals surface area (Å²) in [4.78, 5) is 11.5. The van der Waals surface area contributed by atoms with E-state index in [4.69, 9.17) is 0 Å². The predicted octanol–water partition coefficient (Wildman–Crippen LogP) is 2.00. The Labute approximate surface area is 112 Å². The molecule has 0 bridgehead atoms. The van der Waals surface area contributed by atoms with Gasteiger partial charge in [-0.05, 0) is 37.6 Å². The number of anilines is 1. The van der Waals surface area contributed by atoms with Gasteiger partial charge in [0, 0.05) is 36.1 Å². The predicted molar refractivity (Wildman–Crippen MR) is 75.2 cm³/mol. The van der Waals surface area contributed by atoms with Crippen LogP contribution in [0.25, 0.3) is 0 Å². The van der Waals surface area contributed by atoms with E-state index in [2.05, 4.69) is 20.8 Å². The summed E-state index contributed by atoms with van der Waals surface area (Å²) in [6.45, 7) is 4.69. The number of benzene rings is 1. The molecule has 0 radical (unpaired) electrons. The number of hydrogen-bond donors (Lipinski definition) is 3. The number of aromatic amines is 1. The van der Waals surface area contributed by atoms with Crippen molar-refractivity contribution in [3.8, 4) is 0 Å². The maximum absolute atomic E-state index is 11.5. The summed E-state index contributed by atoms with van der Waals surface area (Å²) in [6, 6.07) is 5.62. The summed E-state index contributed by atoms with van der Waals surface area (Å²) in [5, 5.41) is 12.9. The first-order valence-electron chi connectivity index (χ1n) is 6.17. The van der Waals surface area contributed by atoms with Crippen LogP contribution in [-0.2, 0) is 6.54 Å². The van der Waals surface area contributed by atoms with E-state index >= 15 is 0 Å². The lowest BCUT2D eigenvalue weighted by Gasteiger charge is -2.10. The van der Waals surface area contributed by atoms with Gasteiger partial charge in [0.05, 0.1) is 6.20 Å². The van der Waals surface area contributed by atoms with Crippen molar-refractivity contribution >= 4 is 11.6 Å². The van der Waals surface area contributed by atoms with E-state index in [0.717, 1.165) is 22.5 Å². The summed E-state index contributed by atoms with van der Waals surface area (Å²) >= 11 is 0. The molecule has 5 nitrogen and oxygen atoms in total. The number of aryl methyl sites for hydroxylation is 2. The summed E-state index contributed by atoms with van der Waals surface area (Å²) in [7, 11) is 1.63. The normalized spacial score (nSPS) is 10.3. The minimum Gasteiger partial charge on any atom is -0.381 e. The minimum absolute atomic E-state index is 0.0691. The number of carbonyl (C=O) groups is 1. The number of rotatable bonds is 4.